The van der Waals surface area contributed by atoms with E-state index in [2.05, 4.69) is 4.98 Å². The molecule has 0 unspecified atom stereocenters. The van der Waals surface area contributed by atoms with Gasteiger partial charge in [-0.15, -0.1) is 12.4 Å². The van der Waals surface area contributed by atoms with Crippen LogP contribution in [0.5, 0.6) is 0 Å². The molecule has 0 spiro atoms. The summed E-state index contributed by atoms with van der Waals surface area (Å²) in [6.45, 7) is 0. The van der Waals surface area contributed by atoms with Crippen LogP contribution in [0.15, 0.2) is 30.5 Å². The van der Waals surface area contributed by atoms with Crippen LogP contribution >= 0.6 is 24.0 Å². The van der Waals surface area contributed by atoms with Crippen molar-refractivity contribution in [3.63, 3.8) is 0 Å². The lowest BCUT2D eigenvalue weighted by atomic mass is 10.2. The Hall–Kier alpha value is -0.990. The summed E-state index contributed by atoms with van der Waals surface area (Å²) in [6, 6.07) is 7.48. The maximum absolute atomic E-state index is 5.91. The normalized spacial score (nSPS) is 9.62. The van der Waals surface area contributed by atoms with E-state index in [9.17, 15) is 0 Å². The first kappa shape index (κ1) is 10.1. The molecule has 0 saturated carbocycles. The summed E-state index contributed by atoms with van der Waals surface area (Å²) in [7, 11) is 0. The molecule has 13 heavy (non-hydrogen) atoms. The third-order valence-corrected chi connectivity index (χ3v) is 1.99. The van der Waals surface area contributed by atoms with E-state index in [-0.39, 0.29) is 12.4 Å². The zero-order valence-electron chi connectivity index (χ0n) is 6.70. The molecule has 1 aromatic heterocycles. The van der Waals surface area contributed by atoms with E-state index < -0.39 is 0 Å². The van der Waals surface area contributed by atoms with Crippen molar-refractivity contribution in [2.75, 3.05) is 5.73 Å². The minimum absolute atomic E-state index is 0. The highest BCUT2D eigenvalue weighted by Gasteiger charge is 1.98. The monoisotopic (exact) mass is 214 g/mol. The van der Waals surface area contributed by atoms with Crippen LogP contribution in [0, 0.1) is 0 Å². The van der Waals surface area contributed by atoms with Gasteiger partial charge in [-0.3, -0.25) is 4.98 Å². The van der Waals surface area contributed by atoms with Gasteiger partial charge in [0.1, 0.15) is 0 Å². The Morgan fingerprint density at radius 2 is 2.08 bits per heavy atom. The van der Waals surface area contributed by atoms with E-state index in [0.29, 0.717) is 10.7 Å². The van der Waals surface area contributed by atoms with Gasteiger partial charge in [0.2, 0.25) is 0 Å². The molecule has 0 amide bonds. The maximum Gasteiger partial charge on any atom is 0.0889 e. The molecule has 0 radical (unpaired) electrons. The highest BCUT2D eigenvalue weighted by atomic mass is 35.5. The fourth-order valence-electron chi connectivity index (χ4n) is 1.14. The SMILES string of the molecule is Cl.Nc1cnc2c(Cl)cccc2c1. The molecular formula is C9H8Cl2N2. The Balaban J connectivity index is 0.000000845. The lowest BCUT2D eigenvalue weighted by Crippen LogP contribution is -1.86. The van der Waals surface area contributed by atoms with Gasteiger partial charge in [0.25, 0.3) is 0 Å². The van der Waals surface area contributed by atoms with Gasteiger partial charge in [0, 0.05) is 5.39 Å². The van der Waals surface area contributed by atoms with Crippen LogP contribution in [0.2, 0.25) is 5.02 Å². The number of aromatic nitrogens is 1. The highest BCUT2D eigenvalue weighted by molar-refractivity contribution is 6.35. The molecule has 0 aliphatic rings. The van der Waals surface area contributed by atoms with Crippen LogP contribution in [0.1, 0.15) is 0 Å². The van der Waals surface area contributed by atoms with E-state index in [0.717, 1.165) is 10.9 Å². The fourth-order valence-corrected chi connectivity index (χ4v) is 1.37. The number of benzene rings is 1. The molecule has 1 aromatic carbocycles. The van der Waals surface area contributed by atoms with Crippen molar-refractivity contribution in [1.82, 2.24) is 4.98 Å². The first-order valence-electron chi connectivity index (χ1n) is 3.57. The van der Waals surface area contributed by atoms with E-state index in [1.165, 1.54) is 0 Å². The summed E-state index contributed by atoms with van der Waals surface area (Å²) in [5, 5.41) is 1.63. The summed E-state index contributed by atoms with van der Waals surface area (Å²) < 4.78 is 0. The number of pyridine rings is 1. The molecule has 4 heteroatoms. The van der Waals surface area contributed by atoms with Crippen molar-refractivity contribution >= 4 is 40.6 Å². The third-order valence-electron chi connectivity index (χ3n) is 1.68. The summed E-state index contributed by atoms with van der Waals surface area (Å²) in [5.41, 5.74) is 7.02. The van der Waals surface area contributed by atoms with E-state index in [1.54, 1.807) is 6.20 Å². The summed E-state index contributed by atoms with van der Waals surface area (Å²) in [6.07, 6.45) is 1.61. The molecule has 68 valence electrons. The van der Waals surface area contributed by atoms with E-state index >= 15 is 0 Å². The van der Waals surface area contributed by atoms with Gasteiger partial charge in [-0.1, -0.05) is 23.7 Å². The number of para-hydroxylation sites is 1. The first-order chi connectivity index (χ1) is 5.77. The Morgan fingerprint density at radius 1 is 1.31 bits per heavy atom. The number of nitrogen functional groups attached to an aromatic ring is 1. The van der Waals surface area contributed by atoms with Crippen LogP contribution in [-0.4, -0.2) is 4.98 Å². The van der Waals surface area contributed by atoms with Crippen molar-refractivity contribution in [2.24, 2.45) is 0 Å². The molecule has 2 aromatic rings. The van der Waals surface area contributed by atoms with Gasteiger partial charge < -0.3 is 5.73 Å². The molecule has 0 bridgehead atoms. The largest absolute Gasteiger partial charge is 0.397 e. The highest BCUT2D eigenvalue weighted by Crippen LogP contribution is 2.21. The fraction of sp³-hybridized carbons (Fsp3) is 0. The molecule has 0 saturated heterocycles. The molecule has 0 fully saturated rings. The number of nitrogens with two attached hydrogens (primary N) is 1. The smallest absolute Gasteiger partial charge is 0.0889 e. The van der Waals surface area contributed by atoms with Crippen molar-refractivity contribution < 1.29 is 0 Å². The average Bonchev–Trinajstić information content (AvgIpc) is 2.04. The Bertz CT molecular complexity index is 429. The predicted molar refractivity (Wildman–Crippen MR) is 58.4 cm³/mol. The van der Waals surface area contributed by atoms with Crippen molar-refractivity contribution in [3.8, 4) is 0 Å². The van der Waals surface area contributed by atoms with E-state index in [1.807, 2.05) is 24.3 Å². The second-order valence-corrected chi connectivity index (χ2v) is 2.99. The number of halogens is 2. The topological polar surface area (TPSA) is 38.9 Å². The quantitative estimate of drug-likeness (QED) is 0.733. The zero-order chi connectivity index (χ0) is 8.55. The molecule has 2 N–H and O–H groups in total. The number of hydrogen-bond donors (Lipinski definition) is 1. The van der Waals surface area contributed by atoms with Crippen LogP contribution < -0.4 is 5.73 Å². The second kappa shape index (κ2) is 3.81. The van der Waals surface area contributed by atoms with Gasteiger partial charge in [0.15, 0.2) is 0 Å². The van der Waals surface area contributed by atoms with Gasteiger partial charge in [-0.25, -0.2) is 0 Å². The van der Waals surface area contributed by atoms with E-state index in [4.69, 9.17) is 17.3 Å². The van der Waals surface area contributed by atoms with Gasteiger partial charge in [0.05, 0.1) is 22.4 Å². The Morgan fingerprint density at radius 3 is 2.85 bits per heavy atom. The van der Waals surface area contributed by atoms with Crippen molar-refractivity contribution in [1.29, 1.82) is 0 Å². The summed E-state index contributed by atoms with van der Waals surface area (Å²) in [5.74, 6) is 0. The Labute approximate surface area is 87.1 Å². The van der Waals surface area contributed by atoms with Crippen LogP contribution in [-0.2, 0) is 0 Å². The van der Waals surface area contributed by atoms with Gasteiger partial charge in [-0.05, 0) is 12.1 Å². The minimum Gasteiger partial charge on any atom is -0.397 e. The Kier molecular flexibility index (Phi) is 2.96. The van der Waals surface area contributed by atoms with Crippen LogP contribution in [0.25, 0.3) is 10.9 Å². The lowest BCUT2D eigenvalue weighted by molar-refractivity contribution is 1.41. The lowest BCUT2D eigenvalue weighted by Gasteiger charge is -1.99. The third kappa shape index (κ3) is 1.85. The minimum atomic E-state index is 0. The zero-order valence-corrected chi connectivity index (χ0v) is 8.27. The number of rotatable bonds is 0. The maximum atomic E-state index is 5.91. The van der Waals surface area contributed by atoms with Crippen LogP contribution in [0.4, 0.5) is 5.69 Å². The molecule has 1 heterocycles. The van der Waals surface area contributed by atoms with Crippen molar-refractivity contribution in [3.05, 3.63) is 35.5 Å². The molecule has 0 aliphatic carbocycles. The van der Waals surface area contributed by atoms with Gasteiger partial charge in [-0.2, -0.15) is 0 Å². The standard InChI is InChI=1S/C9H7ClN2.ClH/c10-8-3-1-2-6-4-7(11)5-12-9(6)8;/h1-5H,11H2;1H. The van der Waals surface area contributed by atoms with Crippen molar-refractivity contribution in [2.45, 2.75) is 0 Å². The summed E-state index contributed by atoms with van der Waals surface area (Å²) >= 11 is 5.91. The van der Waals surface area contributed by atoms with Crippen LogP contribution in [0.3, 0.4) is 0 Å². The number of anilines is 1. The molecule has 2 nitrogen and oxygen atoms in total. The second-order valence-electron chi connectivity index (χ2n) is 2.58. The molecule has 0 aliphatic heterocycles. The average molecular weight is 215 g/mol. The number of hydrogen-bond acceptors (Lipinski definition) is 2. The molecule has 0 atom stereocenters. The van der Waals surface area contributed by atoms with Gasteiger partial charge >= 0.3 is 0 Å². The summed E-state index contributed by atoms with van der Waals surface area (Å²) in [4.78, 5) is 4.12. The predicted octanol–water partition coefficient (Wildman–Crippen LogP) is 2.89. The molecule has 2 rings (SSSR count). The molecular weight excluding hydrogens is 207 g/mol. The number of nitrogens with zero attached hydrogens (tertiary/aromatic N) is 1. The number of fused-ring (bicyclic) bond motifs is 1. The first-order valence-corrected chi connectivity index (χ1v) is 3.95.